The van der Waals surface area contributed by atoms with Crippen molar-refractivity contribution in [2.75, 3.05) is 38.2 Å². The number of amides is 2. The summed E-state index contributed by atoms with van der Waals surface area (Å²) < 4.78 is 5.49. The number of carbonyl (C=O) groups is 2. The summed E-state index contributed by atoms with van der Waals surface area (Å²) in [4.78, 5) is 36.7. The van der Waals surface area contributed by atoms with Crippen LogP contribution in [0.1, 0.15) is 36.5 Å². The number of aromatic nitrogens is 1. The lowest BCUT2D eigenvalue weighted by Gasteiger charge is -2.31. The highest BCUT2D eigenvalue weighted by Crippen LogP contribution is 2.25. The molecule has 7 heteroatoms. The number of pyridine rings is 1. The van der Waals surface area contributed by atoms with Crippen LogP contribution in [-0.4, -0.2) is 59.9 Å². The Labute approximate surface area is 219 Å². The van der Waals surface area contributed by atoms with Gasteiger partial charge >= 0.3 is 0 Å². The van der Waals surface area contributed by atoms with Gasteiger partial charge in [-0.15, -0.1) is 0 Å². The van der Waals surface area contributed by atoms with Gasteiger partial charge in [0.05, 0.1) is 13.5 Å². The average molecular weight is 501 g/mol. The predicted octanol–water partition coefficient (Wildman–Crippen LogP) is 4.31. The second-order valence-corrected chi connectivity index (χ2v) is 9.45. The Morgan fingerprint density at radius 2 is 1.68 bits per heavy atom. The minimum absolute atomic E-state index is 0.00946. The van der Waals surface area contributed by atoms with E-state index in [0.717, 1.165) is 60.6 Å². The van der Waals surface area contributed by atoms with Crippen molar-refractivity contribution in [1.82, 2.24) is 14.8 Å². The number of hydrogen-bond acceptors (Lipinski definition) is 5. The van der Waals surface area contributed by atoms with E-state index in [-0.39, 0.29) is 18.2 Å². The Bertz CT molecular complexity index is 1180. The lowest BCUT2D eigenvalue weighted by atomic mass is 10.1. The zero-order valence-corrected chi connectivity index (χ0v) is 21.8. The number of hydrogen-bond donors (Lipinski definition) is 0. The van der Waals surface area contributed by atoms with Crippen LogP contribution in [0.4, 0.5) is 5.69 Å². The van der Waals surface area contributed by atoms with Gasteiger partial charge in [0.1, 0.15) is 5.75 Å². The SMILES string of the molecule is COc1ccccc1CC(=O)N1CCCN(Cc2cccnc2)CCCN(C(C)=O)c2ccccc2C1. The van der Waals surface area contributed by atoms with Crippen LogP contribution in [0.3, 0.4) is 0 Å². The zero-order valence-electron chi connectivity index (χ0n) is 21.8. The number of carbonyl (C=O) groups excluding carboxylic acids is 2. The first-order valence-corrected chi connectivity index (χ1v) is 12.9. The molecule has 1 aliphatic rings. The van der Waals surface area contributed by atoms with Crippen LogP contribution in [0.2, 0.25) is 0 Å². The molecule has 2 heterocycles. The van der Waals surface area contributed by atoms with Crippen molar-refractivity contribution in [3.63, 3.8) is 0 Å². The number of ether oxygens (including phenoxy) is 1. The summed E-state index contributed by atoms with van der Waals surface area (Å²) in [6.07, 6.45) is 5.67. The molecular weight excluding hydrogens is 464 g/mol. The molecule has 0 aliphatic carbocycles. The lowest BCUT2D eigenvalue weighted by molar-refractivity contribution is -0.131. The number of fused-ring (bicyclic) bond motifs is 1. The highest BCUT2D eigenvalue weighted by Gasteiger charge is 2.22. The van der Waals surface area contributed by atoms with Gasteiger partial charge in [0.15, 0.2) is 0 Å². The molecule has 7 nitrogen and oxygen atoms in total. The van der Waals surface area contributed by atoms with E-state index >= 15 is 0 Å². The van der Waals surface area contributed by atoms with Gasteiger partial charge < -0.3 is 14.5 Å². The Morgan fingerprint density at radius 3 is 2.43 bits per heavy atom. The first kappa shape index (κ1) is 26.4. The second kappa shape index (κ2) is 13.0. The fourth-order valence-corrected chi connectivity index (χ4v) is 4.93. The van der Waals surface area contributed by atoms with Gasteiger partial charge in [-0.3, -0.25) is 19.5 Å². The summed E-state index contributed by atoms with van der Waals surface area (Å²) in [5, 5.41) is 0. The summed E-state index contributed by atoms with van der Waals surface area (Å²) in [6.45, 7) is 5.83. The summed E-state index contributed by atoms with van der Waals surface area (Å²) in [5.41, 5.74) is 3.90. The third-order valence-electron chi connectivity index (χ3n) is 6.80. The summed E-state index contributed by atoms with van der Waals surface area (Å²) in [7, 11) is 1.63. The third kappa shape index (κ3) is 7.17. The van der Waals surface area contributed by atoms with Crippen LogP contribution in [0.15, 0.2) is 73.1 Å². The number of benzene rings is 2. The fraction of sp³-hybridized carbons (Fsp3) is 0.367. The van der Waals surface area contributed by atoms with Crippen molar-refractivity contribution in [2.24, 2.45) is 0 Å². The van der Waals surface area contributed by atoms with Gasteiger partial charge in [0.2, 0.25) is 11.8 Å². The quantitative estimate of drug-likeness (QED) is 0.522. The molecule has 2 aromatic carbocycles. The molecule has 0 N–H and O–H groups in total. The normalized spacial score (nSPS) is 15.3. The maximum atomic E-state index is 13.6. The molecule has 1 aliphatic heterocycles. The van der Waals surface area contributed by atoms with Gasteiger partial charge in [0.25, 0.3) is 0 Å². The van der Waals surface area contributed by atoms with E-state index in [9.17, 15) is 9.59 Å². The third-order valence-corrected chi connectivity index (χ3v) is 6.80. The van der Waals surface area contributed by atoms with Gasteiger partial charge in [-0.2, -0.15) is 0 Å². The number of rotatable bonds is 5. The minimum atomic E-state index is 0.00946. The van der Waals surface area contributed by atoms with Crippen molar-refractivity contribution in [3.05, 3.63) is 89.7 Å². The minimum Gasteiger partial charge on any atom is -0.496 e. The van der Waals surface area contributed by atoms with Crippen LogP contribution >= 0.6 is 0 Å². The van der Waals surface area contributed by atoms with Gasteiger partial charge in [-0.25, -0.2) is 0 Å². The smallest absolute Gasteiger partial charge is 0.227 e. The molecular formula is C30H36N4O3. The molecule has 3 aromatic rings. The summed E-state index contributed by atoms with van der Waals surface area (Å²) in [5.74, 6) is 0.774. The van der Waals surface area contributed by atoms with E-state index in [0.29, 0.717) is 19.6 Å². The van der Waals surface area contributed by atoms with E-state index in [2.05, 4.69) is 16.0 Å². The van der Waals surface area contributed by atoms with Crippen LogP contribution in [0.25, 0.3) is 0 Å². The Morgan fingerprint density at radius 1 is 0.919 bits per heavy atom. The highest BCUT2D eigenvalue weighted by atomic mass is 16.5. The largest absolute Gasteiger partial charge is 0.496 e. The van der Waals surface area contributed by atoms with Crippen molar-refractivity contribution >= 4 is 17.5 Å². The molecule has 194 valence electrons. The van der Waals surface area contributed by atoms with Crippen LogP contribution in [0.5, 0.6) is 5.75 Å². The summed E-state index contributed by atoms with van der Waals surface area (Å²) in [6, 6.07) is 19.6. The van der Waals surface area contributed by atoms with Crippen molar-refractivity contribution in [1.29, 1.82) is 0 Å². The van der Waals surface area contributed by atoms with Crippen LogP contribution < -0.4 is 9.64 Å². The highest BCUT2D eigenvalue weighted by molar-refractivity contribution is 5.92. The van der Waals surface area contributed by atoms with Gasteiger partial charge in [0, 0.05) is 69.8 Å². The second-order valence-electron chi connectivity index (χ2n) is 9.45. The maximum Gasteiger partial charge on any atom is 0.227 e. The molecule has 1 aromatic heterocycles. The molecule has 2 amide bonds. The summed E-state index contributed by atoms with van der Waals surface area (Å²) >= 11 is 0. The first-order valence-electron chi connectivity index (χ1n) is 12.9. The van der Waals surface area contributed by atoms with Crippen molar-refractivity contribution < 1.29 is 14.3 Å². The molecule has 0 spiro atoms. The lowest BCUT2D eigenvalue weighted by Crippen LogP contribution is -2.38. The molecule has 0 unspecified atom stereocenters. The molecule has 4 rings (SSSR count). The van der Waals surface area contributed by atoms with E-state index < -0.39 is 0 Å². The Kier molecular flexibility index (Phi) is 9.27. The molecule has 0 radical (unpaired) electrons. The van der Waals surface area contributed by atoms with Gasteiger partial charge in [-0.05, 0) is 42.2 Å². The molecule has 0 saturated heterocycles. The molecule has 0 bridgehead atoms. The number of para-hydroxylation sites is 2. The van der Waals surface area contributed by atoms with Gasteiger partial charge in [-0.1, -0.05) is 42.5 Å². The van der Waals surface area contributed by atoms with E-state index in [1.165, 1.54) is 0 Å². The molecule has 0 fully saturated rings. The molecule has 37 heavy (non-hydrogen) atoms. The van der Waals surface area contributed by atoms with Crippen molar-refractivity contribution in [2.45, 2.75) is 39.3 Å². The van der Waals surface area contributed by atoms with Crippen molar-refractivity contribution in [3.8, 4) is 5.75 Å². The van der Waals surface area contributed by atoms with E-state index in [1.807, 2.05) is 70.6 Å². The van der Waals surface area contributed by atoms with Crippen LogP contribution in [-0.2, 0) is 29.1 Å². The topological polar surface area (TPSA) is 66.0 Å². The Balaban J connectivity index is 1.60. The average Bonchev–Trinajstić information content (AvgIpc) is 2.90. The zero-order chi connectivity index (χ0) is 26.0. The fourth-order valence-electron chi connectivity index (χ4n) is 4.93. The predicted molar refractivity (Wildman–Crippen MR) is 145 cm³/mol. The number of nitrogens with zero attached hydrogens (tertiary/aromatic N) is 4. The molecule has 0 atom stereocenters. The maximum absolute atomic E-state index is 13.6. The van der Waals surface area contributed by atoms with E-state index in [4.69, 9.17) is 4.74 Å². The van der Waals surface area contributed by atoms with Crippen LogP contribution in [0, 0.1) is 0 Å². The number of anilines is 1. The Hall–Kier alpha value is -3.71. The number of methoxy groups -OCH3 is 1. The van der Waals surface area contributed by atoms with E-state index in [1.54, 1.807) is 20.2 Å². The monoisotopic (exact) mass is 500 g/mol. The standard InChI is InChI=1S/C30H36N4O3/c1-24(35)34-19-9-17-32(22-25-10-7-15-31-21-25)16-8-18-33(23-27-12-3-5-13-28(27)34)30(36)20-26-11-4-6-14-29(26)37-2/h3-7,10-15,21H,8-9,16-20,22-23H2,1-2H3. The molecule has 0 saturated carbocycles. The first-order chi connectivity index (χ1) is 18.0.